The van der Waals surface area contributed by atoms with E-state index < -0.39 is 6.09 Å². The lowest BCUT2D eigenvalue weighted by Crippen LogP contribution is -2.03. The molecular weight excluding hydrogens is 265 g/mol. The monoisotopic (exact) mass is 281 g/mol. The first kappa shape index (κ1) is 18.4. The number of carboxylic acid groups (broad SMARTS) is 1. The van der Waals surface area contributed by atoms with Crippen LogP contribution < -0.4 is 5.73 Å². The minimum Gasteiger partial charge on any atom is -0.465 e. The first-order valence-electron chi connectivity index (χ1n) is 4.85. The topological polar surface area (TPSA) is 83.5 Å². The van der Waals surface area contributed by atoms with E-state index in [2.05, 4.69) is 12.7 Å². The van der Waals surface area contributed by atoms with Crippen molar-refractivity contribution in [2.75, 3.05) is 7.11 Å². The second kappa shape index (κ2) is 11.5. The van der Waals surface area contributed by atoms with Crippen LogP contribution in [0.5, 0.6) is 0 Å². The highest BCUT2D eigenvalue weighted by Crippen LogP contribution is 2.25. The number of carbonyl (C=O) groups is 1. The van der Waals surface area contributed by atoms with E-state index >= 15 is 0 Å². The first-order valence-corrected chi connectivity index (χ1v) is 5.60. The molecule has 0 saturated carbocycles. The summed E-state index contributed by atoms with van der Waals surface area (Å²) < 4.78 is 0. The van der Waals surface area contributed by atoms with Gasteiger partial charge in [-0.25, -0.2) is 4.79 Å². The second-order valence-corrected chi connectivity index (χ2v) is 3.60. The van der Waals surface area contributed by atoms with Crippen molar-refractivity contribution in [2.45, 2.75) is 19.8 Å². The zero-order valence-corrected chi connectivity index (χ0v) is 11.3. The highest BCUT2D eigenvalue weighted by Gasteiger charge is 2.02. The van der Waals surface area contributed by atoms with Gasteiger partial charge >= 0.3 is 6.09 Å². The molecule has 0 fully saturated rings. The summed E-state index contributed by atoms with van der Waals surface area (Å²) in [5.41, 5.74) is 5.10. The van der Waals surface area contributed by atoms with Gasteiger partial charge in [0.15, 0.2) is 0 Å². The quantitative estimate of drug-likeness (QED) is 0.779. The van der Waals surface area contributed by atoms with E-state index in [0.29, 0.717) is 0 Å². The molecule has 0 aliphatic heterocycles. The van der Waals surface area contributed by atoms with Crippen LogP contribution in [0.25, 0.3) is 0 Å². The van der Waals surface area contributed by atoms with Gasteiger partial charge in [-0.15, -0.1) is 0 Å². The van der Waals surface area contributed by atoms with Crippen molar-refractivity contribution in [1.29, 1.82) is 0 Å². The van der Waals surface area contributed by atoms with Crippen molar-refractivity contribution in [1.82, 2.24) is 0 Å². The maximum absolute atomic E-state index is 8.78. The van der Waals surface area contributed by atoms with Crippen LogP contribution in [0, 0.1) is 0 Å². The predicted molar refractivity (Wildman–Crippen MR) is 70.8 cm³/mol. The molecule has 6 heteroatoms. The number of nitrogens with two attached hydrogens (primary N) is 1. The molecule has 4 N–H and O–H groups in total. The number of halogens is 2. The molecule has 0 bridgehead atoms. The molecule has 1 amide bonds. The fourth-order valence-electron chi connectivity index (χ4n) is 1.02. The van der Waals surface area contributed by atoms with Crippen molar-refractivity contribution in [2.24, 2.45) is 5.73 Å². The summed E-state index contributed by atoms with van der Waals surface area (Å²) in [6.07, 6.45) is 0.696. The Morgan fingerprint density at radius 1 is 1.29 bits per heavy atom. The summed E-state index contributed by atoms with van der Waals surface area (Å²) in [4.78, 5) is 8.78. The molecule has 0 radical (unpaired) electrons. The Balaban J connectivity index is 0. The number of hydrogen-bond acceptors (Lipinski definition) is 2. The zero-order chi connectivity index (χ0) is 13.8. The third kappa shape index (κ3) is 9.93. The molecule has 0 spiro atoms. The molecule has 0 saturated heterocycles. The molecule has 1 aromatic rings. The Kier molecular flexibility index (Phi) is 12.5. The highest BCUT2D eigenvalue weighted by atomic mass is 35.5. The van der Waals surface area contributed by atoms with Crippen LogP contribution in [-0.4, -0.2) is 23.4 Å². The standard InChI is InChI=1S/C9H10Cl2.CH3NO2.CH4O/c1-2-4-7-8(10)5-3-6-9(7)11;2-1(3)4;1-2/h3,5-6H,2,4H2,1H3;2H2,(H,3,4);2H,1H3. The van der Waals surface area contributed by atoms with Gasteiger partial charge in [0.1, 0.15) is 0 Å². The van der Waals surface area contributed by atoms with Crippen molar-refractivity contribution < 1.29 is 15.0 Å². The van der Waals surface area contributed by atoms with Crippen LogP contribution in [0.3, 0.4) is 0 Å². The Morgan fingerprint density at radius 2 is 1.65 bits per heavy atom. The van der Waals surface area contributed by atoms with Gasteiger partial charge in [-0.3, -0.25) is 0 Å². The molecule has 98 valence electrons. The van der Waals surface area contributed by atoms with E-state index in [0.717, 1.165) is 35.6 Å². The summed E-state index contributed by atoms with van der Waals surface area (Å²) in [7, 11) is 1.00. The Hall–Kier alpha value is -0.970. The van der Waals surface area contributed by atoms with Crippen LogP contribution >= 0.6 is 23.2 Å². The van der Waals surface area contributed by atoms with Crippen LogP contribution in [0.4, 0.5) is 4.79 Å². The van der Waals surface area contributed by atoms with Crippen molar-refractivity contribution in [3.05, 3.63) is 33.8 Å². The molecule has 4 nitrogen and oxygen atoms in total. The fourth-order valence-corrected chi connectivity index (χ4v) is 1.61. The largest absolute Gasteiger partial charge is 0.465 e. The normalized spacial score (nSPS) is 8.29. The average Bonchev–Trinajstić information content (AvgIpc) is 2.26. The summed E-state index contributed by atoms with van der Waals surface area (Å²) >= 11 is 11.8. The highest BCUT2D eigenvalue weighted by molar-refractivity contribution is 6.35. The average molecular weight is 282 g/mol. The zero-order valence-electron chi connectivity index (χ0n) is 9.78. The minimum atomic E-state index is -1.33. The van der Waals surface area contributed by atoms with Gasteiger partial charge in [0.2, 0.25) is 0 Å². The van der Waals surface area contributed by atoms with Crippen LogP contribution in [-0.2, 0) is 6.42 Å². The summed E-state index contributed by atoms with van der Waals surface area (Å²) in [6, 6.07) is 5.61. The minimum absolute atomic E-state index is 0.777. The lowest BCUT2D eigenvalue weighted by molar-refractivity contribution is 0.205. The van der Waals surface area contributed by atoms with Gasteiger partial charge < -0.3 is 15.9 Å². The number of aliphatic hydroxyl groups is 1. The van der Waals surface area contributed by atoms with Crippen molar-refractivity contribution in [3.63, 3.8) is 0 Å². The van der Waals surface area contributed by atoms with E-state index in [1.165, 1.54) is 0 Å². The van der Waals surface area contributed by atoms with Crippen molar-refractivity contribution >= 4 is 29.3 Å². The molecule has 1 rings (SSSR count). The lowest BCUT2D eigenvalue weighted by atomic mass is 10.1. The van der Waals surface area contributed by atoms with E-state index in [1.54, 1.807) is 0 Å². The van der Waals surface area contributed by atoms with Crippen molar-refractivity contribution in [3.8, 4) is 0 Å². The third-order valence-corrected chi connectivity index (χ3v) is 2.27. The van der Waals surface area contributed by atoms with Gasteiger partial charge in [-0.1, -0.05) is 42.6 Å². The molecule has 1 aromatic carbocycles. The van der Waals surface area contributed by atoms with E-state index in [4.69, 9.17) is 38.2 Å². The molecule has 0 aromatic heterocycles. The van der Waals surface area contributed by atoms with E-state index in [9.17, 15) is 0 Å². The third-order valence-electron chi connectivity index (χ3n) is 1.56. The fraction of sp³-hybridized carbons (Fsp3) is 0.364. The van der Waals surface area contributed by atoms with Gasteiger partial charge in [-0.05, 0) is 24.1 Å². The van der Waals surface area contributed by atoms with Crippen LogP contribution in [0.2, 0.25) is 10.0 Å². The lowest BCUT2D eigenvalue weighted by Gasteiger charge is -2.03. The predicted octanol–water partition coefficient (Wildman–Crippen LogP) is 3.18. The van der Waals surface area contributed by atoms with Gasteiger partial charge in [-0.2, -0.15) is 0 Å². The number of primary amides is 1. The SMILES string of the molecule is CCCc1c(Cl)cccc1Cl.CO.NC(=O)O. The molecular formula is C11H17Cl2NO3. The second-order valence-electron chi connectivity index (χ2n) is 2.79. The number of amides is 1. The maximum Gasteiger partial charge on any atom is 0.402 e. The Morgan fingerprint density at radius 3 is 1.94 bits per heavy atom. The molecule has 0 aliphatic rings. The van der Waals surface area contributed by atoms with E-state index in [1.807, 2.05) is 18.2 Å². The van der Waals surface area contributed by atoms with Gasteiger partial charge in [0, 0.05) is 17.2 Å². The van der Waals surface area contributed by atoms with Gasteiger partial charge in [0.25, 0.3) is 0 Å². The number of aliphatic hydroxyl groups excluding tert-OH is 1. The smallest absolute Gasteiger partial charge is 0.402 e. The van der Waals surface area contributed by atoms with Crippen LogP contribution in [0.1, 0.15) is 18.9 Å². The van der Waals surface area contributed by atoms with Gasteiger partial charge in [0.05, 0.1) is 0 Å². The molecule has 17 heavy (non-hydrogen) atoms. The van der Waals surface area contributed by atoms with E-state index in [-0.39, 0.29) is 0 Å². The molecule has 0 aliphatic carbocycles. The summed E-state index contributed by atoms with van der Waals surface area (Å²) in [6.45, 7) is 2.11. The number of hydrogen-bond donors (Lipinski definition) is 3. The summed E-state index contributed by atoms with van der Waals surface area (Å²) in [5.74, 6) is 0. The maximum atomic E-state index is 8.78. The Labute approximate surface area is 111 Å². The number of benzene rings is 1. The molecule has 0 atom stereocenters. The molecule has 0 heterocycles. The Bertz CT molecular complexity index is 308. The summed E-state index contributed by atoms with van der Waals surface area (Å²) in [5, 5.41) is 15.7. The van der Waals surface area contributed by atoms with Crippen LogP contribution in [0.15, 0.2) is 18.2 Å². The molecule has 0 unspecified atom stereocenters. The first-order chi connectivity index (χ1) is 7.99. The number of rotatable bonds is 2.